The van der Waals surface area contributed by atoms with Crippen LogP contribution >= 0.6 is 11.6 Å². The predicted molar refractivity (Wildman–Crippen MR) is 122 cm³/mol. The van der Waals surface area contributed by atoms with Crippen LogP contribution in [0, 0.1) is 12.8 Å². The number of piperidine rings is 1. The zero-order chi connectivity index (χ0) is 22.9. The number of carbonyl (C=O) groups is 2. The van der Waals surface area contributed by atoms with Crippen molar-refractivity contribution in [1.82, 2.24) is 14.2 Å². The van der Waals surface area contributed by atoms with E-state index < -0.39 is 15.9 Å². The highest BCUT2D eigenvalue weighted by atomic mass is 35.5. The van der Waals surface area contributed by atoms with E-state index in [0.717, 1.165) is 18.4 Å². The first kappa shape index (κ1) is 22.8. The molecule has 0 unspecified atom stereocenters. The van der Waals surface area contributed by atoms with Gasteiger partial charge in [0.25, 0.3) is 5.91 Å². The lowest BCUT2D eigenvalue weighted by Crippen LogP contribution is -2.43. The molecule has 172 valence electrons. The van der Waals surface area contributed by atoms with Gasteiger partial charge >= 0.3 is 0 Å². The van der Waals surface area contributed by atoms with Crippen molar-refractivity contribution >= 4 is 39.1 Å². The van der Waals surface area contributed by atoms with Crippen molar-refractivity contribution in [3.63, 3.8) is 0 Å². The number of anilines is 1. The van der Waals surface area contributed by atoms with Gasteiger partial charge in [-0.15, -0.1) is 0 Å². The van der Waals surface area contributed by atoms with Crippen molar-refractivity contribution in [3.8, 4) is 0 Å². The van der Waals surface area contributed by atoms with Gasteiger partial charge in [-0.25, -0.2) is 8.42 Å². The molecule has 10 heteroatoms. The fourth-order valence-electron chi connectivity index (χ4n) is 4.22. The maximum Gasteiger partial charge on any atom is 0.270 e. The Balaban J connectivity index is 1.46. The molecule has 3 heterocycles. The van der Waals surface area contributed by atoms with E-state index in [0.29, 0.717) is 43.2 Å². The zero-order valence-electron chi connectivity index (χ0n) is 17.9. The summed E-state index contributed by atoms with van der Waals surface area (Å²) in [6.45, 7) is 3.68. The lowest BCUT2D eigenvalue weighted by Gasteiger charge is -2.31. The van der Waals surface area contributed by atoms with Crippen LogP contribution in [0.5, 0.6) is 0 Å². The van der Waals surface area contributed by atoms with Crippen LogP contribution < -0.4 is 5.32 Å². The van der Waals surface area contributed by atoms with Crippen LogP contribution in [0.4, 0.5) is 5.69 Å². The number of aromatic nitrogens is 1. The largest absolute Gasteiger partial charge is 0.356 e. The predicted octanol–water partition coefficient (Wildman–Crippen LogP) is 3.25. The van der Waals surface area contributed by atoms with E-state index in [1.54, 1.807) is 17.0 Å². The van der Waals surface area contributed by atoms with Crippen molar-refractivity contribution < 1.29 is 18.0 Å². The van der Waals surface area contributed by atoms with Crippen LogP contribution in [0.25, 0.3) is 0 Å². The van der Waals surface area contributed by atoms with E-state index in [1.807, 2.05) is 13.0 Å². The molecule has 0 radical (unpaired) electrons. The summed E-state index contributed by atoms with van der Waals surface area (Å²) in [5, 5.41) is 3.40. The monoisotopic (exact) mass is 478 g/mol. The Morgan fingerprint density at radius 3 is 2.62 bits per heavy atom. The topological polar surface area (TPSA) is 103 Å². The van der Waals surface area contributed by atoms with Gasteiger partial charge in [0, 0.05) is 43.1 Å². The Labute approximate surface area is 193 Å². The van der Waals surface area contributed by atoms with Crippen LogP contribution in [0.1, 0.15) is 41.7 Å². The number of rotatable bonds is 5. The van der Waals surface area contributed by atoms with Crippen LogP contribution in [0.2, 0.25) is 5.02 Å². The second kappa shape index (κ2) is 9.25. The third-order valence-corrected chi connectivity index (χ3v) is 8.21. The normalized spacial score (nSPS) is 19.8. The smallest absolute Gasteiger partial charge is 0.270 e. The number of halogens is 1. The molecule has 0 aliphatic carbocycles. The molecular weight excluding hydrogens is 452 g/mol. The maximum absolute atomic E-state index is 13.2. The second-order valence-corrected chi connectivity index (χ2v) is 10.8. The molecule has 2 saturated heterocycles. The molecule has 8 nitrogen and oxygen atoms in total. The first-order chi connectivity index (χ1) is 15.3. The first-order valence-corrected chi connectivity index (χ1v) is 12.6. The number of likely N-dealkylation sites (tertiary alicyclic amines) is 1. The summed E-state index contributed by atoms with van der Waals surface area (Å²) in [7, 11) is -3.82. The summed E-state index contributed by atoms with van der Waals surface area (Å²) < 4.78 is 27.7. The highest BCUT2D eigenvalue weighted by molar-refractivity contribution is 7.89. The Kier molecular flexibility index (Phi) is 6.60. The molecule has 2 amide bonds. The number of H-pyrrole nitrogens is 1. The number of benzene rings is 1. The number of nitrogens with one attached hydrogen (secondary N) is 2. The highest BCUT2D eigenvalue weighted by Crippen LogP contribution is 2.27. The molecule has 0 saturated carbocycles. The van der Waals surface area contributed by atoms with Gasteiger partial charge in [0.2, 0.25) is 15.9 Å². The number of aromatic amines is 1. The molecule has 2 aliphatic rings. The number of amides is 2. The van der Waals surface area contributed by atoms with Crippen molar-refractivity contribution in [3.05, 3.63) is 46.7 Å². The number of hydrogen-bond acceptors (Lipinski definition) is 4. The number of aryl methyl sites for hydroxylation is 1. The van der Waals surface area contributed by atoms with Crippen LogP contribution in [-0.4, -0.2) is 60.6 Å². The lowest BCUT2D eigenvalue weighted by atomic mass is 9.98. The Morgan fingerprint density at radius 2 is 1.88 bits per heavy atom. The number of carbonyl (C=O) groups excluding carboxylic acids is 2. The second-order valence-electron chi connectivity index (χ2n) is 8.40. The molecule has 2 aliphatic heterocycles. The summed E-state index contributed by atoms with van der Waals surface area (Å²) in [5.74, 6) is -0.882. The van der Waals surface area contributed by atoms with Gasteiger partial charge in [-0.1, -0.05) is 17.7 Å². The number of sulfonamides is 1. The molecule has 4 rings (SSSR count). The molecule has 0 bridgehead atoms. The molecule has 32 heavy (non-hydrogen) atoms. The van der Waals surface area contributed by atoms with Crippen molar-refractivity contribution in [1.29, 1.82) is 0 Å². The van der Waals surface area contributed by atoms with Crippen LogP contribution in [0.15, 0.2) is 35.4 Å². The van der Waals surface area contributed by atoms with E-state index in [-0.39, 0.29) is 28.9 Å². The van der Waals surface area contributed by atoms with E-state index in [4.69, 9.17) is 11.6 Å². The molecule has 0 spiro atoms. The fourth-order valence-corrected chi connectivity index (χ4v) is 5.92. The SMILES string of the molecule is Cc1ccc(Cl)cc1NC(=O)[C@@H]1CCCN(S(=O)(=O)c2c[nH]c(C(=O)N3CCCC3)c2)C1. The molecule has 1 atom stereocenters. The molecule has 2 N–H and O–H groups in total. The van der Waals surface area contributed by atoms with Crippen molar-refractivity contribution in [2.45, 2.75) is 37.5 Å². The minimum atomic E-state index is -3.82. The number of nitrogens with zero attached hydrogens (tertiary/aromatic N) is 2. The average molecular weight is 479 g/mol. The van der Waals surface area contributed by atoms with Gasteiger partial charge in [0.1, 0.15) is 10.6 Å². The minimum Gasteiger partial charge on any atom is -0.356 e. The lowest BCUT2D eigenvalue weighted by molar-refractivity contribution is -0.120. The standard InChI is InChI=1S/C22H27ClN4O4S/c1-15-6-7-17(23)11-19(15)25-21(28)16-5-4-10-27(14-16)32(30,31)18-12-20(24-13-18)22(29)26-8-2-3-9-26/h6-7,11-13,16,24H,2-5,8-10,14H2,1H3,(H,25,28)/t16-/m1/s1. The Morgan fingerprint density at radius 1 is 1.12 bits per heavy atom. The zero-order valence-corrected chi connectivity index (χ0v) is 19.5. The van der Waals surface area contributed by atoms with Crippen LogP contribution in [0.3, 0.4) is 0 Å². The van der Waals surface area contributed by atoms with Crippen molar-refractivity contribution in [2.75, 3.05) is 31.5 Å². The van der Waals surface area contributed by atoms with E-state index in [9.17, 15) is 18.0 Å². The molecule has 1 aromatic carbocycles. The molecule has 2 fully saturated rings. The average Bonchev–Trinajstić information content (AvgIpc) is 3.49. The summed E-state index contributed by atoms with van der Waals surface area (Å²) in [6.07, 6.45) is 4.46. The maximum atomic E-state index is 13.2. The van der Waals surface area contributed by atoms with Crippen molar-refractivity contribution in [2.24, 2.45) is 5.92 Å². The summed E-state index contributed by atoms with van der Waals surface area (Å²) in [4.78, 5) is 30.0. The summed E-state index contributed by atoms with van der Waals surface area (Å²) >= 11 is 6.03. The van der Waals surface area contributed by atoms with Gasteiger partial charge in [0.15, 0.2) is 0 Å². The molecule has 1 aromatic heterocycles. The number of hydrogen-bond donors (Lipinski definition) is 2. The molecular formula is C22H27ClN4O4S. The van der Waals surface area contributed by atoms with Gasteiger partial charge < -0.3 is 15.2 Å². The van der Waals surface area contributed by atoms with E-state index in [2.05, 4.69) is 10.3 Å². The summed E-state index contributed by atoms with van der Waals surface area (Å²) in [5.41, 5.74) is 1.77. The van der Waals surface area contributed by atoms with Gasteiger partial charge in [0.05, 0.1) is 5.92 Å². The van der Waals surface area contributed by atoms with E-state index in [1.165, 1.54) is 16.6 Å². The quantitative estimate of drug-likeness (QED) is 0.688. The van der Waals surface area contributed by atoms with Gasteiger partial charge in [-0.05, 0) is 56.4 Å². The fraction of sp³-hybridized carbons (Fsp3) is 0.455. The highest BCUT2D eigenvalue weighted by Gasteiger charge is 2.34. The Bertz CT molecular complexity index is 1120. The minimum absolute atomic E-state index is 0.0480. The first-order valence-electron chi connectivity index (χ1n) is 10.8. The Hall–Kier alpha value is -2.36. The van der Waals surface area contributed by atoms with Gasteiger partial charge in [-0.2, -0.15) is 4.31 Å². The molecule has 2 aromatic rings. The summed E-state index contributed by atoms with van der Waals surface area (Å²) in [6, 6.07) is 6.66. The third-order valence-electron chi connectivity index (χ3n) is 6.13. The third kappa shape index (κ3) is 4.69. The van der Waals surface area contributed by atoms with Crippen LogP contribution in [-0.2, 0) is 14.8 Å². The van der Waals surface area contributed by atoms with E-state index >= 15 is 0 Å². The van der Waals surface area contributed by atoms with Gasteiger partial charge in [-0.3, -0.25) is 9.59 Å².